The Bertz CT molecular complexity index is 1100. The van der Waals surface area contributed by atoms with Crippen molar-refractivity contribution < 1.29 is 14.0 Å². The van der Waals surface area contributed by atoms with Crippen LogP contribution in [-0.4, -0.2) is 39.1 Å². The van der Waals surface area contributed by atoms with Gasteiger partial charge in [-0.1, -0.05) is 17.3 Å². The van der Waals surface area contributed by atoms with Gasteiger partial charge in [0.25, 0.3) is 0 Å². The molecule has 0 atom stereocenters. The van der Waals surface area contributed by atoms with Crippen LogP contribution in [0.1, 0.15) is 11.6 Å². The van der Waals surface area contributed by atoms with Crippen LogP contribution < -0.4 is 10.1 Å². The maximum Gasteiger partial charge on any atom is 0.163 e. The summed E-state index contributed by atoms with van der Waals surface area (Å²) >= 11 is 0. The molecule has 28 heavy (non-hydrogen) atoms. The Balaban J connectivity index is 1.56. The van der Waals surface area contributed by atoms with Crippen LogP contribution in [0.25, 0.3) is 22.3 Å². The first-order valence-electron chi connectivity index (χ1n) is 8.69. The highest BCUT2D eigenvalue weighted by Gasteiger charge is 2.13. The van der Waals surface area contributed by atoms with Crippen LogP contribution in [0.15, 0.2) is 41.1 Å². The molecule has 1 N–H and O–H groups in total. The Hall–Kier alpha value is -3.46. The molecule has 144 valence electrons. The van der Waals surface area contributed by atoms with Crippen molar-refractivity contribution in [3.8, 4) is 17.0 Å². The van der Waals surface area contributed by atoms with Crippen molar-refractivity contribution in [2.75, 3.05) is 19.5 Å². The second kappa shape index (κ2) is 7.65. The minimum absolute atomic E-state index is 0.318. The summed E-state index contributed by atoms with van der Waals surface area (Å²) in [5.41, 5.74) is 2.40. The molecule has 0 aliphatic rings. The summed E-state index contributed by atoms with van der Waals surface area (Å²) in [5, 5.41) is 12.5. The molecule has 4 rings (SSSR count). The highest BCUT2D eigenvalue weighted by atomic mass is 16.5. The topological polar surface area (TPSA) is 100 Å². The minimum atomic E-state index is 0.318. The molecule has 0 spiro atoms. The van der Waals surface area contributed by atoms with E-state index in [1.165, 1.54) is 0 Å². The van der Waals surface area contributed by atoms with Gasteiger partial charge >= 0.3 is 0 Å². The van der Waals surface area contributed by atoms with E-state index in [-0.39, 0.29) is 0 Å². The number of methoxy groups -OCH3 is 2. The van der Waals surface area contributed by atoms with E-state index >= 15 is 0 Å². The summed E-state index contributed by atoms with van der Waals surface area (Å²) in [6.45, 7) is 0.739. The van der Waals surface area contributed by atoms with Crippen molar-refractivity contribution in [3.05, 3.63) is 48.1 Å². The van der Waals surface area contributed by atoms with Gasteiger partial charge in [-0.05, 0) is 12.1 Å². The van der Waals surface area contributed by atoms with Crippen LogP contribution in [-0.2, 0) is 24.9 Å². The molecule has 0 radical (unpaired) electrons. The number of fused-ring (bicyclic) bond motifs is 1. The van der Waals surface area contributed by atoms with E-state index in [1.54, 1.807) is 25.1 Å². The molecular weight excluding hydrogens is 360 g/mol. The molecule has 0 bridgehead atoms. The quantitative estimate of drug-likeness (QED) is 0.522. The van der Waals surface area contributed by atoms with Gasteiger partial charge in [0.05, 0.1) is 25.2 Å². The summed E-state index contributed by atoms with van der Waals surface area (Å²) < 4.78 is 17.6. The number of anilines is 1. The van der Waals surface area contributed by atoms with Gasteiger partial charge in [-0.3, -0.25) is 4.68 Å². The van der Waals surface area contributed by atoms with Gasteiger partial charge in [0.2, 0.25) is 0 Å². The molecule has 0 saturated carbocycles. The third kappa shape index (κ3) is 3.52. The molecule has 3 heterocycles. The predicted octanol–water partition coefficient (Wildman–Crippen LogP) is 2.79. The molecule has 4 aromatic rings. The zero-order chi connectivity index (χ0) is 19.5. The van der Waals surface area contributed by atoms with E-state index in [2.05, 4.69) is 25.5 Å². The maximum atomic E-state index is 5.47. The van der Waals surface area contributed by atoms with E-state index in [9.17, 15) is 0 Å². The van der Waals surface area contributed by atoms with Crippen molar-refractivity contribution in [3.63, 3.8) is 0 Å². The Morgan fingerprint density at radius 3 is 2.89 bits per heavy atom. The number of hydrogen-bond donors (Lipinski definition) is 1. The van der Waals surface area contributed by atoms with Crippen LogP contribution in [0.3, 0.4) is 0 Å². The molecule has 9 nitrogen and oxygen atoms in total. The molecule has 9 heteroatoms. The van der Waals surface area contributed by atoms with Crippen molar-refractivity contribution >= 4 is 16.9 Å². The van der Waals surface area contributed by atoms with Gasteiger partial charge < -0.3 is 19.3 Å². The third-order valence-corrected chi connectivity index (χ3v) is 4.27. The summed E-state index contributed by atoms with van der Waals surface area (Å²) in [6, 6.07) is 9.56. The minimum Gasteiger partial charge on any atom is -0.497 e. The average Bonchev–Trinajstić information content (AvgIpc) is 3.34. The van der Waals surface area contributed by atoms with Gasteiger partial charge in [0.1, 0.15) is 23.9 Å². The summed E-state index contributed by atoms with van der Waals surface area (Å²) in [6.07, 6.45) is 1.73. The number of aromatic nitrogens is 5. The van der Waals surface area contributed by atoms with Gasteiger partial charge in [-0.2, -0.15) is 5.10 Å². The fourth-order valence-electron chi connectivity index (χ4n) is 2.88. The Morgan fingerprint density at radius 2 is 2.07 bits per heavy atom. The van der Waals surface area contributed by atoms with Crippen LogP contribution >= 0.6 is 0 Å². The third-order valence-electron chi connectivity index (χ3n) is 4.27. The average molecular weight is 380 g/mol. The van der Waals surface area contributed by atoms with E-state index in [4.69, 9.17) is 14.0 Å². The van der Waals surface area contributed by atoms with E-state index in [0.717, 1.165) is 28.0 Å². The highest BCUT2D eigenvalue weighted by Crippen LogP contribution is 2.25. The molecule has 0 saturated heterocycles. The van der Waals surface area contributed by atoms with Gasteiger partial charge in [0.15, 0.2) is 17.2 Å². The standard InChI is InChI=1S/C19H20N6O3/c1-25-19-15(10-21-25)18(22-17(23-19)11-26-2)20-9-14-8-16(24-28-14)12-5-4-6-13(7-12)27-3/h4-8,10H,9,11H2,1-3H3,(H,20,22,23). The van der Waals surface area contributed by atoms with E-state index in [1.807, 2.05) is 37.4 Å². The van der Waals surface area contributed by atoms with Crippen molar-refractivity contribution in [1.29, 1.82) is 0 Å². The van der Waals surface area contributed by atoms with E-state index < -0.39 is 0 Å². The summed E-state index contributed by atoms with van der Waals surface area (Å²) in [7, 11) is 5.08. The zero-order valence-corrected chi connectivity index (χ0v) is 15.8. The lowest BCUT2D eigenvalue weighted by molar-refractivity contribution is 0.178. The molecule has 0 unspecified atom stereocenters. The van der Waals surface area contributed by atoms with E-state index in [0.29, 0.717) is 30.6 Å². The first-order chi connectivity index (χ1) is 13.7. The predicted molar refractivity (Wildman–Crippen MR) is 103 cm³/mol. The smallest absolute Gasteiger partial charge is 0.163 e. The van der Waals surface area contributed by atoms with Gasteiger partial charge in [-0.25, -0.2) is 9.97 Å². The number of aryl methyl sites for hydroxylation is 1. The van der Waals surface area contributed by atoms with Crippen molar-refractivity contribution in [2.45, 2.75) is 13.2 Å². The Kier molecular flexibility index (Phi) is 4.90. The Morgan fingerprint density at radius 1 is 1.18 bits per heavy atom. The molecule has 3 aromatic heterocycles. The van der Waals surface area contributed by atoms with Crippen LogP contribution in [0.4, 0.5) is 5.82 Å². The lowest BCUT2D eigenvalue weighted by Gasteiger charge is -2.07. The molecule has 0 aliphatic heterocycles. The Labute approximate surface area is 161 Å². The van der Waals surface area contributed by atoms with Crippen molar-refractivity contribution in [1.82, 2.24) is 24.9 Å². The van der Waals surface area contributed by atoms with Gasteiger partial charge in [-0.15, -0.1) is 0 Å². The summed E-state index contributed by atoms with van der Waals surface area (Å²) in [4.78, 5) is 9.00. The first kappa shape index (κ1) is 17.9. The first-order valence-corrected chi connectivity index (χ1v) is 8.69. The van der Waals surface area contributed by atoms with Crippen LogP contribution in [0, 0.1) is 0 Å². The molecule has 1 aromatic carbocycles. The number of ether oxygens (including phenoxy) is 2. The maximum absolute atomic E-state index is 5.47. The number of hydrogen-bond acceptors (Lipinski definition) is 8. The second-order valence-corrected chi connectivity index (χ2v) is 6.19. The lowest BCUT2D eigenvalue weighted by Crippen LogP contribution is -2.06. The van der Waals surface area contributed by atoms with Crippen LogP contribution in [0.2, 0.25) is 0 Å². The highest BCUT2D eigenvalue weighted by molar-refractivity contribution is 5.86. The normalized spacial score (nSPS) is 11.1. The largest absolute Gasteiger partial charge is 0.497 e. The number of rotatable bonds is 7. The molecule has 0 aliphatic carbocycles. The number of benzene rings is 1. The fraction of sp³-hybridized carbons (Fsp3) is 0.263. The monoisotopic (exact) mass is 380 g/mol. The zero-order valence-electron chi connectivity index (χ0n) is 15.8. The number of nitrogens with one attached hydrogen (secondary N) is 1. The molecule has 0 fully saturated rings. The molecular formula is C19H20N6O3. The molecule has 0 amide bonds. The summed E-state index contributed by atoms with van der Waals surface area (Å²) in [5.74, 6) is 2.70. The van der Waals surface area contributed by atoms with Crippen LogP contribution in [0.5, 0.6) is 5.75 Å². The number of nitrogens with zero attached hydrogens (tertiary/aromatic N) is 5. The second-order valence-electron chi connectivity index (χ2n) is 6.19. The fourth-order valence-corrected chi connectivity index (χ4v) is 2.88. The lowest BCUT2D eigenvalue weighted by atomic mass is 10.1. The SMILES string of the molecule is COCc1nc(NCc2cc(-c3cccc(OC)c3)no2)c2cnn(C)c2n1. The van der Waals surface area contributed by atoms with Crippen molar-refractivity contribution in [2.24, 2.45) is 7.05 Å². The van der Waals surface area contributed by atoms with Gasteiger partial charge in [0, 0.05) is 25.8 Å².